The summed E-state index contributed by atoms with van der Waals surface area (Å²) in [5, 5.41) is 16.9. The lowest BCUT2D eigenvalue weighted by Crippen LogP contribution is -2.06. The minimum absolute atomic E-state index is 0.202. The number of ether oxygens (including phenoxy) is 1. The van der Waals surface area contributed by atoms with Gasteiger partial charge in [-0.15, -0.1) is 0 Å². The monoisotopic (exact) mass is 343 g/mol. The topological polar surface area (TPSA) is 111 Å². The zero-order valence-electron chi connectivity index (χ0n) is 14.0. The number of hydrogen-bond acceptors (Lipinski definition) is 6. The van der Waals surface area contributed by atoms with Crippen molar-refractivity contribution in [3.8, 4) is 5.75 Å². The molecule has 0 heterocycles. The lowest BCUT2D eigenvalue weighted by atomic mass is 10.1. The van der Waals surface area contributed by atoms with Gasteiger partial charge in [0.25, 0.3) is 5.69 Å². The Morgan fingerprint density at radius 2 is 1.80 bits per heavy atom. The molecular formula is C17H17N3O5. The summed E-state index contributed by atoms with van der Waals surface area (Å²) in [5.41, 5.74) is 1.16. The third kappa shape index (κ3) is 4.31. The maximum absolute atomic E-state index is 11.4. The number of nitro groups is 1. The van der Waals surface area contributed by atoms with Crippen molar-refractivity contribution in [2.75, 3.05) is 17.7 Å². The van der Waals surface area contributed by atoms with Gasteiger partial charge in [-0.1, -0.05) is 0 Å². The van der Waals surface area contributed by atoms with E-state index in [0.29, 0.717) is 17.1 Å². The first-order chi connectivity index (χ1) is 11.8. The van der Waals surface area contributed by atoms with Crippen molar-refractivity contribution in [3.05, 3.63) is 52.1 Å². The van der Waals surface area contributed by atoms with Crippen LogP contribution in [0, 0.1) is 10.1 Å². The summed E-state index contributed by atoms with van der Waals surface area (Å²) in [6, 6.07) is 9.06. The molecule has 0 aliphatic carbocycles. The van der Waals surface area contributed by atoms with Crippen molar-refractivity contribution >= 4 is 34.4 Å². The molecule has 2 rings (SSSR count). The third-order valence-electron chi connectivity index (χ3n) is 3.39. The fourth-order valence-corrected chi connectivity index (χ4v) is 2.24. The van der Waals surface area contributed by atoms with Crippen LogP contribution in [0.4, 0.5) is 22.7 Å². The number of ketones is 1. The van der Waals surface area contributed by atoms with E-state index in [2.05, 4.69) is 10.6 Å². The van der Waals surface area contributed by atoms with Gasteiger partial charge in [-0.3, -0.25) is 19.7 Å². The van der Waals surface area contributed by atoms with Crippen LogP contribution in [0.25, 0.3) is 0 Å². The molecule has 0 atom stereocenters. The van der Waals surface area contributed by atoms with Crippen LogP contribution in [0.15, 0.2) is 36.4 Å². The molecule has 2 N–H and O–H groups in total. The highest BCUT2D eigenvalue weighted by molar-refractivity contribution is 5.96. The van der Waals surface area contributed by atoms with E-state index in [-0.39, 0.29) is 28.6 Å². The maximum Gasteiger partial charge on any atom is 0.293 e. The fraction of sp³-hybridized carbons (Fsp3) is 0.176. The molecule has 0 aliphatic rings. The molecule has 130 valence electrons. The van der Waals surface area contributed by atoms with E-state index in [4.69, 9.17) is 4.74 Å². The van der Waals surface area contributed by atoms with E-state index >= 15 is 0 Å². The van der Waals surface area contributed by atoms with E-state index < -0.39 is 4.92 Å². The normalized spacial score (nSPS) is 10.0. The van der Waals surface area contributed by atoms with Crippen LogP contribution in [0.5, 0.6) is 5.75 Å². The summed E-state index contributed by atoms with van der Waals surface area (Å²) in [7, 11) is 1.46. The number of nitrogens with zero attached hydrogens (tertiary/aromatic N) is 1. The molecule has 1 amide bonds. The fourth-order valence-electron chi connectivity index (χ4n) is 2.24. The molecule has 0 spiro atoms. The number of hydrogen-bond donors (Lipinski definition) is 2. The zero-order valence-corrected chi connectivity index (χ0v) is 14.0. The number of anilines is 3. The standard InChI is InChI=1S/C17H17N3O5/c1-10(21)12-4-6-14(16(8-12)20(23)24)19-15-9-13(18-11(2)22)5-7-17(15)25-3/h4-9,19H,1-3H3,(H,18,22). The van der Waals surface area contributed by atoms with Crippen molar-refractivity contribution in [3.63, 3.8) is 0 Å². The number of nitrogens with one attached hydrogen (secondary N) is 2. The first-order valence-corrected chi connectivity index (χ1v) is 7.34. The maximum atomic E-state index is 11.4. The van der Waals surface area contributed by atoms with Crippen LogP contribution in [0.3, 0.4) is 0 Å². The lowest BCUT2D eigenvalue weighted by Gasteiger charge is -2.13. The van der Waals surface area contributed by atoms with Gasteiger partial charge in [0.2, 0.25) is 5.91 Å². The van der Waals surface area contributed by atoms with Crippen LogP contribution in [-0.4, -0.2) is 23.7 Å². The van der Waals surface area contributed by atoms with Gasteiger partial charge < -0.3 is 15.4 Å². The zero-order chi connectivity index (χ0) is 18.6. The molecule has 0 bridgehead atoms. The predicted molar refractivity (Wildman–Crippen MR) is 93.7 cm³/mol. The number of amides is 1. The van der Waals surface area contributed by atoms with E-state index in [1.54, 1.807) is 18.2 Å². The highest BCUT2D eigenvalue weighted by atomic mass is 16.6. The average Bonchev–Trinajstić information content (AvgIpc) is 2.54. The van der Waals surface area contributed by atoms with E-state index in [9.17, 15) is 19.7 Å². The van der Waals surface area contributed by atoms with Gasteiger partial charge >= 0.3 is 0 Å². The van der Waals surface area contributed by atoms with Gasteiger partial charge in [-0.2, -0.15) is 0 Å². The lowest BCUT2D eigenvalue weighted by molar-refractivity contribution is -0.383. The number of carbonyl (C=O) groups excluding carboxylic acids is 2. The second kappa shape index (κ2) is 7.43. The number of rotatable bonds is 6. The molecule has 0 unspecified atom stereocenters. The number of Topliss-reactive ketones (excluding diaryl/α,β-unsaturated/α-hetero) is 1. The van der Waals surface area contributed by atoms with E-state index in [1.165, 1.54) is 39.2 Å². The van der Waals surface area contributed by atoms with Crippen molar-refractivity contribution in [2.45, 2.75) is 13.8 Å². The highest BCUT2D eigenvalue weighted by Crippen LogP contribution is 2.34. The van der Waals surface area contributed by atoms with Gasteiger partial charge in [0.1, 0.15) is 11.4 Å². The SMILES string of the molecule is COc1ccc(NC(C)=O)cc1Nc1ccc(C(C)=O)cc1[N+](=O)[O-]. The van der Waals surface area contributed by atoms with Crippen molar-refractivity contribution < 1.29 is 19.2 Å². The second-order valence-corrected chi connectivity index (χ2v) is 5.27. The number of methoxy groups -OCH3 is 1. The Kier molecular flexibility index (Phi) is 5.33. The van der Waals surface area contributed by atoms with Crippen LogP contribution >= 0.6 is 0 Å². The van der Waals surface area contributed by atoms with Crippen LogP contribution in [-0.2, 0) is 4.79 Å². The van der Waals surface area contributed by atoms with Gasteiger partial charge in [-0.25, -0.2) is 0 Å². The molecule has 0 saturated heterocycles. The molecule has 0 aromatic heterocycles. The van der Waals surface area contributed by atoms with E-state index in [0.717, 1.165) is 0 Å². The smallest absolute Gasteiger partial charge is 0.293 e. The second-order valence-electron chi connectivity index (χ2n) is 5.27. The first kappa shape index (κ1) is 17.9. The third-order valence-corrected chi connectivity index (χ3v) is 3.39. The Bertz CT molecular complexity index is 848. The molecule has 8 nitrogen and oxygen atoms in total. The van der Waals surface area contributed by atoms with Gasteiger partial charge in [0.05, 0.1) is 17.7 Å². The number of nitro benzene ring substituents is 1. The van der Waals surface area contributed by atoms with Gasteiger partial charge in [0, 0.05) is 24.2 Å². The minimum Gasteiger partial charge on any atom is -0.495 e. The Labute approximate surface area is 144 Å². The molecule has 0 radical (unpaired) electrons. The molecule has 8 heteroatoms. The number of benzene rings is 2. The Morgan fingerprint density at radius 3 is 2.36 bits per heavy atom. The van der Waals surface area contributed by atoms with Crippen molar-refractivity contribution in [2.24, 2.45) is 0 Å². The minimum atomic E-state index is -0.571. The summed E-state index contributed by atoms with van der Waals surface area (Å²) in [6.45, 7) is 2.72. The average molecular weight is 343 g/mol. The predicted octanol–water partition coefficient (Wildman–Crippen LogP) is 3.51. The molecule has 0 aliphatic heterocycles. The Morgan fingerprint density at radius 1 is 1.08 bits per heavy atom. The van der Waals surface area contributed by atoms with Crippen molar-refractivity contribution in [1.82, 2.24) is 0 Å². The quantitative estimate of drug-likeness (QED) is 0.472. The van der Waals surface area contributed by atoms with E-state index in [1.807, 2.05) is 0 Å². The molecular weight excluding hydrogens is 326 g/mol. The summed E-state index contributed by atoms with van der Waals surface area (Å²) in [6.07, 6.45) is 0. The molecule has 0 saturated carbocycles. The summed E-state index contributed by atoms with van der Waals surface area (Å²) in [4.78, 5) is 33.4. The number of carbonyl (C=O) groups is 2. The largest absolute Gasteiger partial charge is 0.495 e. The molecule has 2 aromatic rings. The van der Waals surface area contributed by atoms with Gasteiger partial charge in [0.15, 0.2) is 5.78 Å². The van der Waals surface area contributed by atoms with Gasteiger partial charge in [-0.05, 0) is 37.3 Å². The highest BCUT2D eigenvalue weighted by Gasteiger charge is 2.18. The van der Waals surface area contributed by atoms with Crippen LogP contribution < -0.4 is 15.4 Å². The molecule has 2 aromatic carbocycles. The molecule has 25 heavy (non-hydrogen) atoms. The van der Waals surface area contributed by atoms with Crippen LogP contribution in [0.1, 0.15) is 24.2 Å². The van der Waals surface area contributed by atoms with Crippen molar-refractivity contribution in [1.29, 1.82) is 0 Å². The first-order valence-electron chi connectivity index (χ1n) is 7.34. The molecule has 0 fully saturated rings. The summed E-state index contributed by atoms with van der Waals surface area (Å²) < 4.78 is 5.24. The summed E-state index contributed by atoms with van der Waals surface area (Å²) >= 11 is 0. The Hall–Kier alpha value is -3.42. The van der Waals surface area contributed by atoms with Crippen LogP contribution in [0.2, 0.25) is 0 Å². The Balaban J connectivity index is 2.46. The summed E-state index contributed by atoms with van der Waals surface area (Å²) in [5.74, 6) is -0.0631.